The van der Waals surface area contributed by atoms with E-state index in [1.807, 2.05) is 0 Å². The molecule has 1 aromatic rings. The third-order valence-electron chi connectivity index (χ3n) is 2.99. The highest BCUT2D eigenvalue weighted by atomic mass is 32.1. The monoisotopic (exact) mass is 218 g/mol. The second-order valence-electron chi connectivity index (χ2n) is 4.32. The zero-order valence-corrected chi connectivity index (χ0v) is 9.87. The summed E-state index contributed by atoms with van der Waals surface area (Å²) in [5.74, 6) is 0.378. The van der Waals surface area contributed by atoms with Gasteiger partial charge in [-0.1, -0.05) is 26.1 Å². The van der Waals surface area contributed by atoms with E-state index in [0.717, 1.165) is 12.8 Å². The van der Waals surface area contributed by atoms with Crippen molar-refractivity contribution in [2.75, 3.05) is 0 Å². The van der Waals surface area contributed by atoms with Crippen molar-refractivity contribution >= 4 is 12.2 Å². The number of fused-ring (bicyclic) bond motifs is 1. The summed E-state index contributed by atoms with van der Waals surface area (Å²) in [4.78, 5) is 3.19. The van der Waals surface area contributed by atoms with Crippen molar-refractivity contribution in [2.24, 2.45) is 0 Å². The van der Waals surface area contributed by atoms with Crippen LogP contribution >= 0.6 is 12.2 Å². The first-order valence-corrected chi connectivity index (χ1v) is 5.74. The van der Waals surface area contributed by atoms with Gasteiger partial charge in [-0.3, -0.25) is 0 Å². The first-order chi connectivity index (χ1) is 7.15. The molecule has 0 atom stereocenters. The molecule has 1 N–H and O–H groups in total. The second-order valence-corrected chi connectivity index (χ2v) is 4.73. The van der Waals surface area contributed by atoms with Crippen LogP contribution in [0.25, 0.3) is 0 Å². The number of rotatable bonds is 1. The van der Waals surface area contributed by atoms with Crippen molar-refractivity contribution in [3.63, 3.8) is 0 Å². The van der Waals surface area contributed by atoms with Gasteiger partial charge in [-0.05, 0) is 36.3 Å². The van der Waals surface area contributed by atoms with Crippen LogP contribution in [0.2, 0.25) is 0 Å². The van der Waals surface area contributed by atoms with Crippen LogP contribution in [0, 0.1) is 16.0 Å². The molecule has 3 heteroatoms. The Bertz CT molecular complexity index is 492. The number of aromatic nitrogens is 1. The molecule has 1 heterocycles. The molecule has 0 amide bonds. The highest BCUT2D eigenvalue weighted by molar-refractivity contribution is 7.71. The van der Waals surface area contributed by atoms with Crippen molar-refractivity contribution in [3.05, 3.63) is 27.0 Å². The Kier molecular flexibility index (Phi) is 2.62. The predicted molar refractivity (Wildman–Crippen MR) is 62.5 cm³/mol. The van der Waals surface area contributed by atoms with Gasteiger partial charge in [0.15, 0.2) is 0 Å². The number of H-pyrrole nitrogens is 1. The number of pyridine rings is 1. The second kappa shape index (κ2) is 3.79. The van der Waals surface area contributed by atoms with E-state index in [1.54, 1.807) is 0 Å². The number of nitrogens with one attached hydrogen (secondary N) is 1. The van der Waals surface area contributed by atoms with Crippen LogP contribution in [0.15, 0.2) is 0 Å². The van der Waals surface area contributed by atoms with Crippen LogP contribution in [0.1, 0.15) is 48.6 Å². The molecule has 0 unspecified atom stereocenters. The average Bonchev–Trinajstić information content (AvgIpc) is 2.62. The molecule has 0 radical (unpaired) electrons. The number of hydrogen-bond donors (Lipinski definition) is 1. The third-order valence-corrected chi connectivity index (χ3v) is 3.30. The van der Waals surface area contributed by atoms with Gasteiger partial charge in [0, 0.05) is 5.69 Å². The summed E-state index contributed by atoms with van der Waals surface area (Å²) in [6, 6.07) is 2.24. The maximum Gasteiger partial charge on any atom is 0.121 e. The minimum atomic E-state index is 0.378. The number of aromatic amines is 1. The molecule has 1 aromatic heterocycles. The maximum absolute atomic E-state index is 9.14. The Morgan fingerprint density at radius 3 is 2.73 bits per heavy atom. The number of nitriles is 1. The molecule has 15 heavy (non-hydrogen) atoms. The van der Waals surface area contributed by atoms with Crippen LogP contribution in [0.4, 0.5) is 0 Å². The molecule has 0 aromatic carbocycles. The lowest BCUT2D eigenvalue weighted by Gasteiger charge is -2.14. The summed E-state index contributed by atoms with van der Waals surface area (Å²) in [6.45, 7) is 4.26. The van der Waals surface area contributed by atoms with E-state index in [-0.39, 0.29) is 0 Å². The van der Waals surface area contributed by atoms with E-state index in [0.29, 0.717) is 16.1 Å². The Hall–Kier alpha value is -1.14. The van der Waals surface area contributed by atoms with Crippen LogP contribution in [-0.2, 0) is 12.8 Å². The molecule has 0 saturated carbocycles. The minimum Gasteiger partial charge on any atom is -0.349 e. The minimum absolute atomic E-state index is 0.378. The Morgan fingerprint density at radius 2 is 2.13 bits per heavy atom. The summed E-state index contributed by atoms with van der Waals surface area (Å²) in [5, 5.41) is 9.14. The van der Waals surface area contributed by atoms with E-state index < -0.39 is 0 Å². The average molecular weight is 218 g/mol. The Labute approximate surface area is 95.0 Å². The molecule has 2 rings (SSSR count). The molecular formula is C12H14N2S. The molecule has 0 saturated heterocycles. The van der Waals surface area contributed by atoms with Gasteiger partial charge in [0.25, 0.3) is 0 Å². The molecule has 0 aliphatic heterocycles. The van der Waals surface area contributed by atoms with E-state index in [2.05, 4.69) is 24.9 Å². The van der Waals surface area contributed by atoms with Gasteiger partial charge >= 0.3 is 0 Å². The molecule has 2 nitrogen and oxygen atoms in total. The van der Waals surface area contributed by atoms with Crippen molar-refractivity contribution in [2.45, 2.75) is 39.0 Å². The molecule has 0 bridgehead atoms. The summed E-state index contributed by atoms with van der Waals surface area (Å²) in [5.41, 5.74) is 4.45. The van der Waals surface area contributed by atoms with Gasteiger partial charge in [-0.2, -0.15) is 5.26 Å². The fourth-order valence-corrected chi connectivity index (χ4v) is 2.68. The van der Waals surface area contributed by atoms with Gasteiger partial charge in [-0.15, -0.1) is 0 Å². The van der Waals surface area contributed by atoms with E-state index in [9.17, 15) is 0 Å². The van der Waals surface area contributed by atoms with Crippen LogP contribution in [0.5, 0.6) is 0 Å². The standard InChI is InChI=1S/C12H14N2S/c1-7(2)11-8-4-3-5-10(8)14-12(15)9(11)6-13/h7H,3-5H2,1-2H3,(H,14,15). The number of hydrogen-bond acceptors (Lipinski definition) is 2. The SMILES string of the molecule is CC(C)c1c2c([nH]c(=S)c1C#N)CCC2. The molecule has 1 aliphatic rings. The van der Waals surface area contributed by atoms with Crippen molar-refractivity contribution in [1.82, 2.24) is 4.98 Å². The summed E-state index contributed by atoms with van der Waals surface area (Å²) in [6.07, 6.45) is 3.34. The van der Waals surface area contributed by atoms with Gasteiger partial charge in [0.2, 0.25) is 0 Å². The normalized spacial score (nSPS) is 14.0. The highest BCUT2D eigenvalue weighted by Crippen LogP contribution is 2.31. The lowest BCUT2D eigenvalue weighted by Crippen LogP contribution is -2.03. The quantitative estimate of drug-likeness (QED) is 0.735. The maximum atomic E-state index is 9.14. The van der Waals surface area contributed by atoms with Crippen molar-refractivity contribution < 1.29 is 0 Å². The highest BCUT2D eigenvalue weighted by Gasteiger charge is 2.21. The lowest BCUT2D eigenvalue weighted by molar-refractivity contribution is 0.832. The molecule has 0 fully saturated rings. The zero-order chi connectivity index (χ0) is 11.0. The lowest BCUT2D eigenvalue weighted by atomic mass is 9.93. The van der Waals surface area contributed by atoms with Crippen molar-refractivity contribution in [1.29, 1.82) is 5.26 Å². The molecular weight excluding hydrogens is 204 g/mol. The molecule has 1 aliphatic carbocycles. The number of aryl methyl sites for hydroxylation is 1. The fourth-order valence-electron chi connectivity index (χ4n) is 2.40. The van der Waals surface area contributed by atoms with Gasteiger partial charge < -0.3 is 4.98 Å². The third kappa shape index (κ3) is 1.59. The van der Waals surface area contributed by atoms with Crippen LogP contribution in [-0.4, -0.2) is 4.98 Å². The fraction of sp³-hybridized carbons (Fsp3) is 0.500. The van der Waals surface area contributed by atoms with Crippen LogP contribution in [0.3, 0.4) is 0 Å². The predicted octanol–water partition coefficient (Wildman–Crippen LogP) is 3.23. The van der Waals surface area contributed by atoms with E-state index in [4.69, 9.17) is 17.5 Å². The largest absolute Gasteiger partial charge is 0.349 e. The first-order valence-electron chi connectivity index (χ1n) is 5.33. The Morgan fingerprint density at radius 1 is 1.40 bits per heavy atom. The molecule has 78 valence electrons. The van der Waals surface area contributed by atoms with Crippen LogP contribution < -0.4 is 0 Å². The topological polar surface area (TPSA) is 39.6 Å². The summed E-state index contributed by atoms with van der Waals surface area (Å²) < 4.78 is 0.613. The first kappa shape index (κ1) is 10.4. The van der Waals surface area contributed by atoms with Gasteiger partial charge in [-0.25, -0.2) is 0 Å². The van der Waals surface area contributed by atoms with E-state index >= 15 is 0 Å². The Balaban J connectivity index is 2.79. The van der Waals surface area contributed by atoms with E-state index in [1.165, 1.54) is 23.2 Å². The smallest absolute Gasteiger partial charge is 0.121 e. The van der Waals surface area contributed by atoms with Gasteiger partial charge in [0.1, 0.15) is 10.7 Å². The number of nitrogens with zero attached hydrogens (tertiary/aromatic N) is 1. The summed E-state index contributed by atoms with van der Waals surface area (Å²) in [7, 11) is 0. The molecule has 0 spiro atoms. The zero-order valence-electron chi connectivity index (χ0n) is 9.05. The van der Waals surface area contributed by atoms with Crippen molar-refractivity contribution in [3.8, 4) is 6.07 Å². The summed E-state index contributed by atoms with van der Waals surface area (Å²) >= 11 is 5.22. The van der Waals surface area contributed by atoms with Gasteiger partial charge in [0.05, 0.1) is 5.56 Å².